The predicted molar refractivity (Wildman–Crippen MR) is 108 cm³/mol. The molecule has 1 saturated carbocycles. The number of carbonyl (C=O) groups excluding carboxylic acids is 4. The van der Waals surface area contributed by atoms with E-state index in [0.717, 1.165) is 17.7 Å². The maximum Gasteiger partial charge on any atom is 0.329 e. The second-order valence-electron chi connectivity index (χ2n) is 8.15. The van der Waals surface area contributed by atoms with Crippen molar-refractivity contribution in [2.75, 3.05) is 18.5 Å². The summed E-state index contributed by atoms with van der Waals surface area (Å²) in [7, 11) is 0. The Labute approximate surface area is 180 Å². The Morgan fingerprint density at radius 3 is 2.29 bits per heavy atom. The zero-order chi connectivity index (χ0) is 22.1. The summed E-state index contributed by atoms with van der Waals surface area (Å²) >= 11 is 0. The summed E-state index contributed by atoms with van der Waals surface area (Å²) in [5.41, 5.74) is 0.471. The molecule has 2 fully saturated rings. The van der Waals surface area contributed by atoms with Crippen LogP contribution >= 0.6 is 0 Å². The molecule has 4 atom stereocenters. The Morgan fingerprint density at radius 1 is 1.03 bits per heavy atom. The van der Waals surface area contributed by atoms with Crippen LogP contribution in [0.5, 0.6) is 11.5 Å². The average Bonchev–Trinajstić information content (AvgIpc) is 3.03. The molecule has 4 unspecified atom stereocenters. The molecule has 9 heteroatoms. The van der Waals surface area contributed by atoms with Gasteiger partial charge in [0.15, 0.2) is 17.6 Å². The molecule has 0 spiro atoms. The van der Waals surface area contributed by atoms with Crippen molar-refractivity contribution in [2.45, 2.75) is 51.7 Å². The number of carbonyl (C=O) groups is 4. The Kier molecular flexibility index (Phi) is 5.84. The van der Waals surface area contributed by atoms with Crippen LogP contribution in [0.15, 0.2) is 18.2 Å². The van der Waals surface area contributed by atoms with Gasteiger partial charge >= 0.3 is 5.97 Å². The monoisotopic (exact) mass is 430 g/mol. The number of esters is 1. The molecule has 0 aromatic heterocycles. The largest absolute Gasteiger partial charge is 0.486 e. The maximum absolute atomic E-state index is 12.7. The quantitative estimate of drug-likeness (QED) is 0.561. The number of hydrogen-bond acceptors (Lipinski definition) is 7. The van der Waals surface area contributed by atoms with Gasteiger partial charge in [-0.15, -0.1) is 0 Å². The molecule has 1 aromatic carbocycles. The van der Waals surface area contributed by atoms with E-state index in [4.69, 9.17) is 14.2 Å². The van der Waals surface area contributed by atoms with Crippen molar-refractivity contribution in [1.82, 2.24) is 4.90 Å². The molecule has 0 radical (unpaired) electrons. The highest BCUT2D eigenvalue weighted by Crippen LogP contribution is 2.39. The lowest BCUT2D eigenvalue weighted by molar-refractivity contribution is -0.163. The smallest absolute Gasteiger partial charge is 0.329 e. The number of likely N-dealkylation sites (tertiary alicyclic amines) is 1. The topological polar surface area (TPSA) is 111 Å². The summed E-state index contributed by atoms with van der Waals surface area (Å²) in [4.78, 5) is 51.4. The average molecular weight is 430 g/mol. The van der Waals surface area contributed by atoms with Gasteiger partial charge in [0.25, 0.3) is 5.91 Å². The second kappa shape index (κ2) is 8.56. The normalized spacial score (nSPS) is 24.3. The third-order valence-electron chi connectivity index (χ3n) is 6.08. The summed E-state index contributed by atoms with van der Waals surface area (Å²) < 4.78 is 16.2. The number of imide groups is 1. The highest BCUT2D eigenvalue weighted by atomic mass is 16.6. The Morgan fingerprint density at radius 2 is 1.65 bits per heavy atom. The highest BCUT2D eigenvalue weighted by molar-refractivity contribution is 6.08. The van der Waals surface area contributed by atoms with Crippen LogP contribution < -0.4 is 14.8 Å². The van der Waals surface area contributed by atoms with Crippen molar-refractivity contribution in [2.24, 2.45) is 11.8 Å². The Balaban J connectivity index is 1.36. The van der Waals surface area contributed by atoms with Crippen molar-refractivity contribution < 1.29 is 33.4 Å². The summed E-state index contributed by atoms with van der Waals surface area (Å²) in [6.07, 6.45) is 2.04. The van der Waals surface area contributed by atoms with Crippen molar-refractivity contribution in [3.63, 3.8) is 0 Å². The standard InChI is InChI=1S/C22H26N2O7/c1-12(24-20(26)15-5-3-4-6-16(15)21(24)27)22(28)31-13(2)19(25)23-14-7-8-17-18(11-14)30-10-9-29-17/h7-8,11-13,15-16H,3-6,9-10H2,1-2H3,(H,23,25). The fourth-order valence-corrected chi connectivity index (χ4v) is 4.37. The fraction of sp³-hybridized carbons (Fsp3) is 0.545. The van der Waals surface area contributed by atoms with Gasteiger partial charge in [-0.3, -0.25) is 19.3 Å². The van der Waals surface area contributed by atoms with Gasteiger partial charge in [0.2, 0.25) is 11.8 Å². The molecule has 31 heavy (non-hydrogen) atoms. The van der Waals surface area contributed by atoms with Gasteiger partial charge in [0.05, 0.1) is 11.8 Å². The fourth-order valence-electron chi connectivity index (χ4n) is 4.37. The third kappa shape index (κ3) is 4.08. The van der Waals surface area contributed by atoms with Gasteiger partial charge in [-0.2, -0.15) is 0 Å². The molecule has 4 rings (SSSR count). The predicted octanol–water partition coefficient (Wildman–Crippen LogP) is 1.89. The number of fused-ring (bicyclic) bond motifs is 2. The molecule has 166 valence electrons. The van der Waals surface area contributed by atoms with Gasteiger partial charge in [0.1, 0.15) is 19.3 Å². The van der Waals surface area contributed by atoms with Gasteiger partial charge in [-0.25, -0.2) is 4.79 Å². The lowest BCUT2D eigenvalue weighted by Crippen LogP contribution is -2.46. The Bertz CT molecular complexity index is 891. The van der Waals surface area contributed by atoms with E-state index in [1.165, 1.54) is 13.8 Å². The molecule has 1 N–H and O–H groups in total. The van der Waals surface area contributed by atoms with E-state index in [0.29, 0.717) is 43.2 Å². The first-order chi connectivity index (χ1) is 14.9. The van der Waals surface area contributed by atoms with Gasteiger partial charge in [-0.05, 0) is 38.8 Å². The summed E-state index contributed by atoms with van der Waals surface area (Å²) in [5, 5.41) is 2.66. The first-order valence-corrected chi connectivity index (χ1v) is 10.6. The maximum atomic E-state index is 12.7. The summed E-state index contributed by atoms with van der Waals surface area (Å²) in [5.74, 6) is -1.51. The van der Waals surface area contributed by atoms with Crippen LogP contribution in [0.1, 0.15) is 39.5 Å². The molecule has 3 aliphatic rings. The molecule has 0 bridgehead atoms. The van der Waals surface area contributed by atoms with E-state index in [1.807, 2.05) is 0 Å². The van der Waals surface area contributed by atoms with E-state index in [1.54, 1.807) is 18.2 Å². The van der Waals surface area contributed by atoms with Crippen LogP contribution in [0.3, 0.4) is 0 Å². The number of nitrogens with one attached hydrogen (secondary N) is 1. The van der Waals surface area contributed by atoms with E-state index in [-0.39, 0.29) is 23.7 Å². The highest BCUT2D eigenvalue weighted by Gasteiger charge is 2.51. The minimum absolute atomic E-state index is 0.312. The summed E-state index contributed by atoms with van der Waals surface area (Å²) in [6, 6.07) is 3.90. The number of nitrogens with zero attached hydrogens (tertiary/aromatic N) is 1. The first kappa shape index (κ1) is 21.1. The minimum atomic E-state index is -1.11. The molecular weight excluding hydrogens is 404 g/mol. The van der Waals surface area contributed by atoms with Crippen LogP contribution in [0.4, 0.5) is 5.69 Å². The van der Waals surface area contributed by atoms with Crippen molar-refractivity contribution in [1.29, 1.82) is 0 Å². The number of hydrogen-bond donors (Lipinski definition) is 1. The number of rotatable bonds is 5. The zero-order valence-corrected chi connectivity index (χ0v) is 17.6. The van der Waals surface area contributed by atoms with Crippen LogP contribution in [0.2, 0.25) is 0 Å². The van der Waals surface area contributed by atoms with Crippen LogP contribution in [-0.4, -0.2) is 54.0 Å². The molecule has 1 aromatic rings. The third-order valence-corrected chi connectivity index (χ3v) is 6.08. The summed E-state index contributed by atoms with van der Waals surface area (Å²) in [6.45, 7) is 3.78. The molecule has 1 saturated heterocycles. The van der Waals surface area contributed by atoms with Gasteiger partial charge in [0, 0.05) is 11.8 Å². The Hall–Kier alpha value is -3.10. The molecule has 1 aliphatic carbocycles. The lowest BCUT2D eigenvalue weighted by Gasteiger charge is -2.23. The second-order valence-corrected chi connectivity index (χ2v) is 8.15. The van der Waals surface area contributed by atoms with E-state index in [2.05, 4.69) is 5.32 Å². The van der Waals surface area contributed by atoms with Gasteiger partial charge < -0.3 is 19.5 Å². The van der Waals surface area contributed by atoms with Crippen molar-refractivity contribution >= 4 is 29.4 Å². The van der Waals surface area contributed by atoms with Crippen LogP contribution in [0.25, 0.3) is 0 Å². The van der Waals surface area contributed by atoms with Crippen LogP contribution in [0, 0.1) is 11.8 Å². The van der Waals surface area contributed by atoms with Crippen molar-refractivity contribution in [3.8, 4) is 11.5 Å². The van der Waals surface area contributed by atoms with E-state index < -0.39 is 24.0 Å². The van der Waals surface area contributed by atoms with Crippen LogP contribution in [-0.2, 0) is 23.9 Å². The molecular formula is C22H26N2O7. The molecule has 3 amide bonds. The molecule has 2 aliphatic heterocycles. The number of ether oxygens (including phenoxy) is 3. The van der Waals surface area contributed by atoms with E-state index >= 15 is 0 Å². The SMILES string of the molecule is CC(OC(=O)C(C)N1C(=O)C2CCCCC2C1=O)C(=O)Nc1ccc2c(c1)OCCO2. The van der Waals surface area contributed by atoms with Gasteiger partial charge in [-0.1, -0.05) is 12.8 Å². The molecule has 9 nitrogen and oxygen atoms in total. The van der Waals surface area contributed by atoms with Crippen molar-refractivity contribution in [3.05, 3.63) is 18.2 Å². The number of amides is 3. The number of benzene rings is 1. The minimum Gasteiger partial charge on any atom is -0.486 e. The van der Waals surface area contributed by atoms with E-state index in [9.17, 15) is 19.2 Å². The first-order valence-electron chi connectivity index (χ1n) is 10.6. The lowest BCUT2D eigenvalue weighted by atomic mass is 9.81. The number of anilines is 1. The zero-order valence-electron chi connectivity index (χ0n) is 17.6. The molecule has 2 heterocycles.